The third-order valence-corrected chi connectivity index (χ3v) is 14.6. The molecule has 348 valence electrons. The van der Waals surface area contributed by atoms with Gasteiger partial charge < -0.3 is 33.9 Å². The standard InChI is InChI=1S/C49H46Cl2N4O10S2/c1-32(28-39(35-18-10-5-11-19-35)36-20-12-6-13-21-36)49(47(60)65-30-34-24-26-37(63-3)27-25-34,54-43(58)42(44(54)66(50)61)52-40(56)29-33-16-8-4-9-17-33)55-45(59)48(2,46(55)67(51)62)53-41(57)31-64-38-22-14-7-15-23-38/h4-28,39,42,44,46H,29-31H2,1-3H3,(H,52,56)(H,53,57). The van der Waals surface area contributed by atoms with Crippen molar-refractivity contribution < 1.29 is 47.3 Å². The third-order valence-electron chi connectivity index (χ3n) is 11.6. The Balaban J connectivity index is 1.39. The molecule has 2 fully saturated rings. The normalized spacial score (nSPS) is 21.0. The minimum Gasteiger partial charge on any atom is -0.597 e. The van der Waals surface area contributed by atoms with Gasteiger partial charge in [-0.15, -0.1) is 0 Å². The molecule has 5 aromatic carbocycles. The van der Waals surface area contributed by atoms with Crippen LogP contribution in [0.3, 0.4) is 0 Å². The second kappa shape index (κ2) is 21.3. The lowest BCUT2D eigenvalue weighted by atomic mass is 9.79. The third kappa shape index (κ3) is 10.1. The van der Waals surface area contributed by atoms with E-state index in [9.17, 15) is 18.7 Å². The number of hydrogen-bond acceptors (Lipinski definition) is 10. The average Bonchev–Trinajstić information content (AvgIpc) is 3.34. The van der Waals surface area contributed by atoms with E-state index in [-0.39, 0.29) is 12.0 Å². The monoisotopic (exact) mass is 984 g/mol. The van der Waals surface area contributed by atoms with Gasteiger partial charge in [-0.3, -0.25) is 29.0 Å². The molecule has 5 aromatic rings. The zero-order chi connectivity index (χ0) is 47.9. The van der Waals surface area contributed by atoms with Crippen molar-refractivity contribution >= 4 is 71.7 Å². The van der Waals surface area contributed by atoms with Crippen LogP contribution in [-0.4, -0.2) is 90.2 Å². The Morgan fingerprint density at radius 3 is 1.85 bits per heavy atom. The van der Waals surface area contributed by atoms with Gasteiger partial charge in [-0.1, -0.05) is 127 Å². The quantitative estimate of drug-likeness (QED) is 0.0428. The highest BCUT2D eigenvalue weighted by Crippen LogP contribution is 2.51. The van der Waals surface area contributed by atoms with Crippen LogP contribution in [0.5, 0.6) is 11.5 Å². The lowest BCUT2D eigenvalue weighted by Gasteiger charge is -2.62. The molecule has 7 rings (SSSR count). The summed E-state index contributed by atoms with van der Waals surface area (Å²) in [5.41, 5.74) is -2.36. The van der Waals surface area contributed by atoms with Crippen molar-refractivity contribution in [2.75, 3.05) is 13.7 Å². The first-order chi connectivity index (χ1) is 32.2. The molecule has 0 saturated carbocycles. The summed E-state index contributed by atoms with van der Waals surface area (Å²) in [5.74, 6) is -4.49. The summed E-state index contributed by atoms with van der Waals surface area (Å²) >= 11 is 0. The number of para-hydroxylation sites is 1. The molecule has 2 aliphatic heterocycles. The number of likely N-dealkylation sites (tertiary alicyclic amines) is 2. The fourth-order valence-corrected chi connectivity index (χ4v) is 11.5. The summed E-state index contributed by atoms with van der Waals surface area (Å²) in [6, 6.07) is 40.4. The maximum Gasteiger partial charge on any atom is 0.358 e. The number of benzene rings is 5. The Hall–Kier alpha value is -6.01. The van der Waals surface area contributed by atoms with Gasteiger partial charge in [-0.25, -0.2) is 4.79 Å². The number of amides is 4. The number of halogens is 2. The maximum atomic E-state index is 15.7. The molecule has 2 aliphatic rings. The van der Waals surface area contributed by atoms with E-state index in [4.69, 9.17) is 35.6 Å². The molecule has 7 atom stereocenters. The minimum atomic E-state index is -2.78. The smallest absolute Gasteiger partial charge is 0.358 e. The number of esters is 1. The van der Waals surface area contributed by atoms with Crippen LogP contribution in [0.4, 0.5) is 0 Å². The summed E-state index contributed by atoms with van der Waals surface area (Å²) in [4.78, 5) is 74.7. The average molecular weight is 986 g/mol. The number of allylic oxidation sites excluding steroid dienone is 1. The van der Waals surface area contributed by atoms with Crippen LogP contribution >= 0.6 is 21.4 Å². The molecule has 0 spiro atoms. The Labute approximate surface area is 402 Å². The Kier molecular flexibility index (Phi) is 15.6. The molecule has 2 N–H and O–H groups in total. The van der Waals surface area contributed by atoms with E-state index in [1.807, 2.05) is 60.7 Å². The molecular weight excluding hydrogens is 940 g/mol. The van der Waals surface area contributed by atoms with Crippen molar-refractivity contribution in [3.8, 4) is 11.5 Å². The highest BCUT2D eigenvalue weighted by Gasteiger charge is 2.79. The van der Waals surface area contributed by atoms with Gasteiger partial charge in [-0.05, 0) is 65.9 Å². The molecule has 0 radical (unpaired) electrons. The number of ether oxygens (including phenoxy) is 3. The molecular formula is C49H46Cl2N4O10S2. The molecule has 67 heavy (non-hydrogen) atoms. The summed E-state index contributed by atoms with van der Waals surface area (Å²) < 4.78 is 45.0. The fourth-order valence-electron chi connectivity index (χ4n) is 8.38. The lowest BCUT2D eigenvalue weighted by molar-refractivity contribution is -0.207. The van der Waals surface area contributed by atoms with Gasteiger partial charge in [0.05, 0.1) is 34.3 Å². The van der Waals surface area contributed by atoms with Gasteiger partial charge in [0.1, 0.15) is 18.1 Å². The predicted octanol–water partition coefficient (Wildman–Crippen LogP) is 6.04. The number of carbonyl (C=O) groups excluding carboxylic acids is 5. The molecule has 2 heterocycles. The summed E-state index contributed by atoms with van der Waals surface area (Å²) in [7, 11) is 9.32. The first-order valence-corrected chi connectivity index (χ1v) is 25.0. The van der Waals surface area contributed by atoms with Crippen molar-refractivity contribution in [1.29, 1.82) is 0 Å². The van der Waals surface area contributed by atoms with Crippen LogP contribution in [0.2, 0.25) is 0 Å². The van der Waals surface area contributed by atoms with Crippen molar-refractivity contribution in [1.82, 2.24) is 20.4 Å². The van der Waals surface area contributed by atoms with Gasteiger partial charge >= 0.3 is 5.97 Å². The van der Waals surface area contributed by atoms with E-state index in [0.717, 1.165) is 20.9 Å². The van der Waals surface area contributed by atoms with Crippen LogP contribution in [0.1, 0.15) is 42.0 Å². The van der Waals surface area contributed by atoms with Crippen molar-refractivity contribution in [3.05, 3.63) is 179 Å². The number of β-lactam (4-membered cyclic amide) rings is 2. The number of nitrogens with one attached hydrogen (secondary N) is 2. The second-order valence-electron chi connectivity index (χ2n) is 15.9. The zero-order valence-corrected chi connectivity index (χ0v) is 39.6. The van der Waals surface area contributed by atoms with E-state index < -0.39 is 97.5 Å². The second-order valence-corrected chi connectivity index (χ2v) is 19.7. The number of hydrogen-bond donors (Lipinski definition) is 2. The van der Waals surface area contributed by atoms with Crippen LogP contribution in [0.15, 0.2) is 157 Å². The maximum absolute atomic E-state index is 15.7. The molecule has 0 aliphatic carbocycles. The Morgan fingerprint density at radius 1 is 0.761 bits per heavy atom. The van der Waals surface area contributed by atoms with Crippen LogP contribution in [-0.2, 0) is 62.5 Å². The predicted molar refractivity (Wildman–Crippen MR) is 254 cm³/mol. The first-order valence-electron chi connectivity index (χ1n) is 20.9. The van der Waals surface area contributed by atoms with E-state index in [1.54, 1.807) is 91.0 Å². The number of rotatable bonds is 19. The van der Waals surface area contributed by atoms with E-state index in [0.29, 0.717) is 22.6 Å². The molecule has 2 saturated heterocycles. The minimum absolute atomic E-state index is 0.0410. The summed E-state index contributed by atoms with van der Waals surface area (Å²) in [6.07, 6.45) is 1.48. The first kappa shape index (κ1) is 48.9. The Morgan fingerprint density at radius 2 is 1.31 bits per heavy atom. The zero-order valence-electron chi connectivity index (χ0n) is 36.4. The molecule has 0 bridgehead atoms. The molecule has 18 heteroatoms. The fraction of sp³-hybridized carbons (Fsp3) is 0.245. The summed E-state index contributed by atoms with van der Waals surface area (Å²) in [6.45, 7) is 1.76. The molecule has 14 nitrogen and oxygen atoms in total. The van der Waals surface area contributed by atoms with E-state index in [2.05, 4.69) is 10.6 Å². The van der Waals surface area contributed by atoms with Gasteiger partial charge in [0.15, 0.2) is 39.6 Å². The SMILES string of the molecule is COc1ccc(COC(=O)C(C(C)=CC(c2ccccc2)c2ccccc2)(N2C(=O)C(NC(=O)Cc3ccccc3)C2[S+]([O-])Cl)N2C(=O)C(C)(NC(=O)COc3ccccc3)C2[S+]([O-])Cl)cc1. The van der Waals surface area contributed by atoms with Crippen LogP contribution in [0.25, 0.3) is 0 Å². The van der Waals surface area contributed by atoms with Crippen molar-refractivity contribution in [2.45, 2.75) is 60.8 Å². The highest BCUT2D eigenvalue weighted by molar-refractivity contribution is 8.14. The Bertz CT molecular complexity index is 2540. The molecule has 4 amide bonds. The van der Waals surface area contributed by atoms with Gasteiger partial charge in [-0.2, -0.15) is 0 Å². The van der Waals surface area contributed by atoms with E-state index in [1.165, 1.54) is 21.0 Å². The number of nitrogens with zero attached hydrogens (tertiary/aromatic N) is 2. The van der Waals surface area contributed by atoms with E-state index >= 15 is 14.4 Å². The molecule has 0 aromatic heterocycles. The summed E-state index contributed by atoms with van der Waals surface area (Å²) in [5, 5.41) is 1.76. The van der Waals surface area contributed by atoms with Crippen LogP contribution < -0.4 is 20.1 Å². The van der Waals surface area contributed by atoms with Crippen LogP contribution in [0, 0.1) is 0 Å². The van der Waals surface area contributed by atoms with Gasteiger partial charge in [0, 0.05) is 5.92 Å². The topological polar surface area (TPSA) is 190 Å². The number of methoxy groups -OCH3 is 1. The number of carbonyl (C=O) groups is 5. The van der Waals surface area contributed by atoms with Crippen molar-refractivity contribution in [3.63, 3.8) is 0 Å². The van der Waals surface area contributed by atoms with Crippen molar-refractivity contribution in [2.24, 2.45) is 0 Å². The largest absolute Gasteiger partial charge is 0.597 e. The highest BCUT2D eigenvalue weighted by atomic mass is 35.7. The molecule has 7 unspecified atom stereocenters. The van der Waals surface area contributed by atoms with Gasteiger partial charge in [0.2, 0.25) is 22.3 Å². The van der Waals surface area contributed by atoms with Gasteiger partial charge in [0.25, 0.3) is 17.7 Å². The lowest BCUT2D eigenvalue weighted by Crippen LogP contribution is -2.92.